The Bertz CT molecular complexity index is 743. The fourth-order valence-corrected chi connectivity index (χ4v) is 2.83. The molecule has 0 heterocycles. The Morgan fingerprint density at radius 3 is 2.19 bits per heavy atom. The van der Waals surface area contributed by atoms with Gasteiger partial charge in [0.25, 0.3) is 5.91 Å². The third-order valence-electron chi connectivity index (χ3n) is 4.01. The summed E-state index contributed by atoms with van der Waals surface area (Å²) < 4.78 is 1.03. The van der Waals surface area contributed by atoms with Gasteiger partial charge in [-0.2, -0.15) is 0 Å². The van der Waals surface area contributed by atoms with Crippen LogP contribution in [-0.4, -0.2) is 37.4 Å². The lowest BCUT2D eigenvalue weighted by Crippen LogP contribution is -2.31. The molecule has 2 N–H and O–H groups in total. The van der Waals surface area contributed by atoms with E-state index in [-0.39, 0.29) is 24.4 Å². The SMILES string of the molecule is CC[C@H](NCC(=O)Nc1ccc(C(=O)N(C)C)cc1)c1ccc(Br)cc1. The van der Waals surface area contributed by atoms with E-state index in [0.29, 0.717) is 11.3 Å². The van der Waals surface area contributed by atoms with Crippen LogP contribution in [0.3, 0.4) is 0 Å². The highest BCUT2D eigenvalue weighted by Gasteiger charge is 2.12. The van der Waals surface area contributed by atoms with Crippen molar-refractivity contribution in [2.45, 2.75) is 19.4 Å². The molecule has 0 saturated carbocycles. The van der Waals surface area contributed by atoms with Gasteiger partial charge in [0.05, 0.1) is 6.54 Å². The number of hydrogen-bond donors (Lipinski definition) is 2. The summed E-state index contributed by atoms with van der Waals surface area (Å²) in [7, 11) is 3.42. The highest BCUT2D eigenvalue weighted by molar-refractivity contribution is 9.10. The van der Waals surface area contributed by atoms with Crippen molar-refractivity contribution in [2.75, 3.05) is 26.0 Å². The Morgan fingerprint density at radius 1 is 1.04 bits per heavy atom. The van der Waals surface area contributed by atoms with E-state index in [0.717, 1.165) is 16.5 Å². The van der Waals surface area contributed by atoms with Gasteiger partial charge in [0.15, 0.2) is 0 Å². The summed E-state index contributed by atoms with van der Waals surface area (Å²) in [5.74, 6) is -0.183. The molecular weight excluding hydrogens is 394 g/mol. The highest BCUT2D eigenvalue weighted by atomic mass is 79.9. The van der Waals surface area contributed by atoms with Crippen LogP contribution in [0, 0.1) is 0 Å². The van der Waals surface area contributed by atoms with Crippen molar-refractivity contribution in [3.8, 4) is 0 Å². The Kier molecular flexibility index (Phi) is 7.36. The number of anilines is 1. The molecule has 2 aromatic carbocycles. The van der Waals surface area contributed by atoms with E-state index in [9.17, 15) is 9.59 Å². The second kappa shape index (κ2) is 9.50. The first-order chi connectivity index (χ1) is 12.4. The van der Waals surface area contributed by atoms with Gasteiger partial charge in [-0.25, -0.2) is 0 Å². The fraction of sp³-hybridized carbons (Fsp3) is 0.300. The molecule has 2 rings (SSSR count). The summed E-state index contributed by atoms with van der Waals surface area (Å²) in [5, 5.41) is 6.13. The predicted molar refractivity (Wildman–Crippen MR) is 108 cm³/mol. The molecule has 1 atom stereocenters. The molecule has 6 heteroatoms. The number of nitrogens with one attached hydrogen (secondary N) is 2. The van der Waals surface area contributed by atoms with E-state index < -0.39 is 0 Å². The van der Waals surface area contributed by atoms with Crippen molar-refractivity contribution < 1.29 is 9.59 Å². The first-order valence-corrected chi connectivity index (χ1v) is 9.30. The molecule has 0 aliphatic heterocycles. The Labute approximate surface area is 162 Å². The van der Waals surface area contributed by atoms with Crippen LogP contribution in [0.5, 0.6) is 0 Å². The van der Waals surface area contributed by atoms with E-state index in [1.807, 2.05) is 24.3 Å². The number of carbonyl (C=O) groups excluding carboxylic acids is 2. The minimum atomic E-state index is -0.118. The Hall–Kier alpha value is -2.18. The molecule has 0 radical (unpaired) electrons. The van der Waals surface area contributed by atoms with E-state index in [4.69, 9.17) is 0 Å². The maximum absolute atomic E-state index is 12.2. The van der Waals surface area contributed by atoms with E-state index in [1.54, 1.807) is 38.4 Å². The van der Waals surface area contributed by atoms with Gasteiger partial charge in [-0.3, -0.25) is 9.59 Å². The molecule has 138 valence electrons. The summed E-state index contributed by atoms with van der Waals surface area (Å²) in [6.45, 7) is 2.30. The Morgan fingerprint density at radius 2 is 1.65 bits per heavy atom. The fourth-order valence-electron chi connectivity index (χ4n) is 2.57. The van der Waals surface area contributed by atoms with Crippen LogP contribution in [-0.2, 0) is 4.79 Å². The summed E-state index contributed by atoms with van der Waals surface area (Å²) >= 11 is 3.43. The molecule has 0 bridgehead atoms. The molecule has 0 fully saturated rings. The van der Waals surface area contributed by atoms with Crippen molar-refractivity contribution in [3.63, 3.8) is 0 Å². The zero-order valence-corrected chi connectivity index (χ0v) is 16.8. The number of carbonyl (C=O) groups is 2. The summed E-state index contributed by atoms with van der Waals surface area (Å²) in [5.41, 5.74) is 2.41. The zero-order chi connectivity index (χ0) is 19.1. The van der Waals surface area contributed by atoms with Gasteiger partial charge in [-0.1, -0.05) is 35.0 Å². The van der Waals surface area contributed by atoms with Crippen LogP contribution in [0.15, 0.2) is 53.0 Å². The lowest BCUT2D eigenvalue weighted by Gasteiger charge is -2.17. The quantitative estimate of drug-likeness (QED) is 0.719. The average Bonchev–Trinajstić information content (AvgIpc) is 2.63. The number of benzene rings is 2. The molecule has 2 aromatic rings. The lowest BCUT2D eigenvalue weighted by atomic mass is 10.0. The van der Waals surface area contributed by atoms with Crippen molar-refractivity contribution in [1.29, 1.82) is 0 Å². The molecule has 0 spiro atoms. The van der Waals surface area contributed by atoms with Crippen LogP contribution in [0.2, 0.25) is 0 Å². The summed E-state index contributed by atoms with van der Waals surface area (Å²) in [4.78, 5) is 25.6. The third-order valence-corrected chi connectivity index (χ3v) is 4.54. The largest absolute Gasteiger partial charge is 0.345 e. The zero-order valence-electron chi connectivity index (χ0n) is 15.3. The maximum atomic E-state index is 12.2. The molecule has 0 aliphatic carbocycles. The maximum Gasteiger partial charge on any atom is 0.253 e. The van der Waals surface area contributed by atoms with E-state index >= 15 is 0 Å². The molecule has 0 unspecified atom stereocenters. The summed E-state index contributed by atoms with van der Waals surface area (Å²) in [6.07, 6.45) is 0.885. The van der Waals surface area contributed by atoms with Crippen molar-refractivity contribution >= 4 is 33.4 Å². The van der Waals surface area contributed by atoms with Crippen molar-refractivity contribution in [1.82, 2.24) is 10.2 Å². The normalized spacial score (nSPS) is 11.7. The third kappa shape index (κ3) is 5.68. The topological polar surface area (TPSA) is 61.4 Å². The first-order valence-electron chi connectivity index (χ1n) is 8.51. The van der Waals surface area contributed by atoms with Crippen LogP contribution >= 0.6 is 15.9 Å². The monoisotopic (exact) mass is 417 g/mol. The number of amides is 2. The van der Waals surface area contributed by atoms with Gasteiger partial charge in [0.1, 0.15) is 0 Å². The van der Waals surface area contributed by atoms with E-state index in [2.05, 4.69) is 33.5 Å². The lowest BCUT2D eigenvalue weighted by molar-refractivity contribution is -0.115. The number of hydrogen-bond acceptors (Lipinski definition) is 3. The number of nitrogens with zero attached hydrogens (tertiary/aromatic N) is 1. The van der Waals surface area contributed by atoms with E-state index in [1.165, 1.54) is 4.90 Å². The minimum absolute atomic E-state index is 0.0650. The van der Waals surface area contributed by atoms with Crippen LogP contribution in [0.4, 0.5) is 5.69 Å². The molecule has 0 aliphatic rings. The Balaban J connectivity index is 1.89. The molecule has 0 saturated heterocycles. The number of halogens is 1. The van der Waals surface area contributed by atoms with Crippen LogP contribution in [0.1, 0.15) is 35.3 Å². The van der Waals surface area contributed by atoms with Gasteiger partial charge < -0.3 is 15.5 Å². The highest BCUT2D eigenvalue weighted by Crippen LogP contribution is 2.19. The van der Waals surface area contributed by atoms with Crippen LogP contribution < -0.4 is 10.6 Å². The number of rotatable bonds is 7. The average molecular weight is 418 g/mol. The van der Waals surface area contributed by atoms with Gasteiger partial charge in [0.2, 0.25) is 5.91 Å². The van der Waals surface area contributed by atoms with Crippen LogP contribution in [0.25, 0.3) is 0 Å². The minimum Gasteiger partial charge on any atom is -0.345 e. The van der Waals surface area contributed by atoms with Gasteiger partial charge >= 0.3 is 0 Å². The molecule has 0 aromatic heterocycles. The van der Waals surface area contributed by atoms with Gasteiger partial charge in [-0.15, -0.1) is 0 Å². The molecule has 26 heavy (non-hydrogen) atoms. The molecular formula is C20H24BrN3O2. The van der Waals surface area contributed by atoms with Crippen molar-refractivity contribution in [3.05, 3.63) is 64.1 Å². The second-order valence-electron chi connectivity index (χ2n) is 6.22. The van der Waals surface area contributed by atoms with Gasteiger partial charge in [0, 0.05) is 35.9 Å². The first kappa shape index (κ1) is 20.1. The predicted octanol–water partition coefficient (Wildman–Crippen LogP) is 3.83. The second-order valence-corrected chi connectivity index (χ2v) is 7.13. The summed E-state index contributed by atoms with van der Waals surface area (Å²) in [6, 6.07) is 15.1. The van der Waals surface area contributed by atoms with Gasteiger partial charge in [-0.05, 0) is 48.4 Å². The molecule has 5 nitrogen and oxygen atoms in total. The van der Waals surface area contributed by atoms with Crippen molar-refractivity contribution in [2.24, 2.45) is 0 Å². The standard InChI is InChI=1S/C20H24BrN3O2/c1-4-18(14-5-9-16(21)10-6-14)22-13-19(25)23-17-11-7-15(8-12-17)20(26)24(2)3/h5-12,18,22H,4,13H2,1-3H3,(H,23,25)/t18-/m0/s1. The molecule has 2 amide bonds. The smallest absolute Gasteiger partial charge is 0.253 e.